The largest absolute Gasteiger partial charge is 0.493 e. The highest BCUT2D eigenvalue weighted by Crippen LogP contribution is 2.28. The van der Waals surface area contributed by atoms with Crippen molar-refractivity contribution in [3.8, 4) is 11.5 Å². The summed E-state index contributed by atoms with van der Waals surface area (Å²) in [7, 11) is 1.30. The van der Waals surface area contributed by atoms with Crippen LogP contribution in [0.4, 0.5) is 0 Å². The van der Waals surface area contributed by atoms with Crippen LogP contribution in [0.15, 0.2) is 46.9 Å². The zero-order valence-corrected chi connectivity index (χ0v) is 14.3. The predicted octanol–water partition coefficient (Wildman–Crippen LogP) is 3.85. The summed E-state index contributed by atoms with van der Waals surface area (Å²) >= 11 is 3.28. The van der Waals surface area contributed by atoms with Crippen LogP contribution in [0.3, 0.4) is 0 Å². The molecule has 0 aliphatic carbocycles. The standard InChI is InChI=1S/C17H15BrO5/c1-3-22-14-7-5-4-6-12(14)17(20)23-15-9-8-11(10-13(15)18)16(19)21-2/h4-10H,3H2,1-2H3. The normalized spacial score (nSPS) is 10.0. The number of hydrogen-bond donors (Lipinski definition) is 0. The lowest BCUT2D eigenvalue weighted by molar-refractivity contribution is 0.0600. The SMILES string of the molecule is CCOc1ccccc1C(=O)Oc1ccc(C(=O)OC)cc1Br. The summed E-state index contributed by atoms with van der Waals surface area (Å²) < 4.78 is 15.9. The Balaban J connectivity index is 2.22. The summed E-state index contributed by atoms with van der Waals surface area (Å²) in [4.78, 5) is 23.8. The Morgan fingerprint density at radius 2 is 1.78 bits per heavy atom. The maximum atomic E-state index is 12.3. The maximum absolute atomic E-state index is 12.3. The molecule has 120 valence electrons. The molecular formula is C17H15BrO5. The molecule has 6 heteroatoms. The molecule has 2 aromatic carbocycles. The average Bonchev–Trinajstić information content (AvgIpc) is 2.56. The van der Waals surface area contributed by atoms with Crippen LogP contribution >= 0.6 is 15.9 Å². The monoisotopic (exact) mass is 378 g/mol. The van der Waals surface area contributed by atoms with Gasteiger partial charge in [-0.2, -0.15) is 0 Å². The Kier molecular flexibility index (Phi) is 5.76. The number of ether oxygens (including phenoxy) is 3. The Morgan fingerprint density at radius 1 is 1.04 bits per heavy atom. The van der Waals surface area contributed by atoms with Gasteiger partial charge < -0.3 is 14.2 Å². The van der Waals surface area contributed by atoms with Gasteiger partial charge in [-0.15, -0.1) is 0 Å². The van der Waals surface area contributed by atoms with Crippen molar-refractivity contribution in [1.29, 1.82) is 0 Å². The summed E-state index contributed by atoms with van der Waals surface area (Å²) in [6, 6.07) is 11.4. The smallest absolute Gasteiger partial charge is 0.347 e. The minimum atomic E-state index is -0.541. The van der Waals surface area contributed by atoms with Crippen LogP contribution in [0, 0.1) is 0 Å². The molecule has 2 rings (SSSR count). The first kappa shape index (κ1) is 17.0. The van der Waals surface area contributed by atoms with Crippen molar-refractivity contribution in [2.75, 3.05) is 13.7 Å². The second-order valence-corrected chi connectivity index (χ2v) is 5.31. The fraction of sp³-hybridized carbons (Fsp3) is 0.176. The van der Waals surface area contributed by atoms with E-state index in [-0.39, 0.29) is 0 Å². The quantitative estimate of drug-likeness (QED) is 0.583. The molecule has 0 saturated carbocycles. The molecule has 0 fully saturated rings. The second-order valence-electron chi connectivity index (χ2n) is 4.46. The third-order valence-electron chi connectivity index (χ3n) is 2.96. The van der Waals surface area contributed by atoms with Crippen LogP contribution in [0.1, 0.15) is 27.6 Å². The van der Waals surface area contributed by atoms with Crippen molar-refractivity contribution in [3.05, 3.63) is 58.1 Å². The van der Waals surface area contributed by atoms with Crippen molar-refractivity contribution in [2.45, 2.75) is 6.92 Å². The van der Waals surface area contributed by atoms with Gasteiger partial charge in [0.15, 0.2) is 0 Å². The number of methoxy groups -OCH3 is 1. The van der Waals surface area contributed by atoms with E-state index >= 15 is 0 Å². The van der Waals surface area contributed by atoms with Gasteiger partial charge in [-0.3, -0.25) is 0 Å². The zero-order valence-electron chi connectivity index (χ0n) is 12.7. The lowest BCUT2D eigenvalue weighted by Gasteiger charge is -2.11. The minimum Gasteiger partial charge on any atom is -0.493 e. The van der Waals surface area contributed by atoms with Gasteiger partial charge in [0.1, 0.15) is 17.1 Å². The number of rotatable bonds is 5. The minimum absolute atomic E-state index is 0.300. The highest BCUT2D eigenvalue weighted by atomic mass is 79.9. The number of esters is 2. The Morgan fingerprint density at radius 3 is 2.43 bits per heavy atom. The second kappa shape index (κ2) is 7.78. The third kappa shape index (κ3) is 4.10. The van der Waals surface area contributed by atoms with E-state index in [4.69, 9.17) is 9.47 Å². The van der Waals surface area contributed by atoms with Crippen LogP contribution in [-0.4, -0.2) is 25.7 Å². The molecule has 5 nitrogen and oxygen atoms in total. The van der Waals surface area contributed by atoms with Gasteiger partial charge in [-0.25, -0.2) is 9.59 Å². The van der Waals surface area contributed by atoms with Gasteiger partial charge in [0, 0.05) is 0 Å². The van der Waals surface area contributed by atoms with Gasteiger partial charge in [0.25, 0.3) is 0 Å². The first-order valence-corrected chi connectivity index (χ1v) is 7.68. The molecule has 0 spiro atoms. The van der Waals surface area contributed by atoms with E-state index < -0.39 is 11.9 Å². The van der Waals surface area contributed by atoms with Crippen molar-refractivity contribution in [1.82, 2.24) is 0 Å². The maximum Gasteiger partial charge on any atom is 0.347 e. The molecule has 0 radical (unpaired) electrons. The van der Waals surface area contributed by atoms with Crippen LogP contribution in [0.2, 0.25) is 0 Å². The lowest BCUT2D eigenvalue weighted by atomic mass is 10.2. The van der Waals surface area contributed by atoms with Gasteiger partial charge in [0.2, 0.25) is 0 Å². The van der Waals surface area contributed by atoms with E-state index in [0.717, 1.165) is 0 Å². The fourth-order valence-electron chi connectivity index (χ4n) is 1.90. The van der Waals surface area contributed by atoms with Crippen LogP contribution < -0.4 is 9.47 Å². The topological polar surface area (TPSA) is 61.8 Å². The number of carbonyl (C=O) groups excluding carboxylic acids is 2. The number of benzene rings is 2. The summed E-state index contributed by atoms with van der Waals surface area (Å²) in [5.41, 5.74) is 0.687. The van der Waals surface area contributed by atoms with Gasteiger partial charge in [0.05, 0.1) is 23.8 Å². The van der Waals surface area contributed by atoms with Gasteiger partial charge in [-0.1, -0.05) is 12.1 Å². The molecule has 0 bridgehead atoms. The van der Waals surface area contributed by atoms with Gasteiger partial charge >= 0.3 is 11.9 Å². The molecule has 0 amide bonds. The molecule has 23 heavy (non-hydrogen) atoms. The molecule has 0 atom stereocenters. The summed E-state index contributed by atoms with van der Waals surface area (Å²) in [6.07, 6.45) is 0. The Bertz CT molecular complexity index is 727. The van der Waals surface area contributed by atoms with Crippen molar-refractivity contribution in [2.24, 2.45) is 0 Å². The Hall–Kier alpha value is -2.34. The lowest BCUT2D eigenvalue weighted by Crippen LogP contribution is -2.11. The van der Waals surface area contributed by atoms with Crippen molar-refractivity contribution < 1.29 is 23.8 Å². The van der Waals surface area contributed by atoms with E-state index in [1.807, 2.05) is 6.92 Å². The molecule has 0 unspecified atom stereocenters. The summed E-state index contributed by atoms with van der Waals surface area (Å²) in [5.74, 6) is -0.248. The molecule has 0 aliphatic heterocycles. The molecule has 0 aromatic heterocycles. The Labute approximate surface area is 142 Å². The van der Waals surface area contributed by atoms with E-state index in [2.05, 4.69) is 20.7 Å². The molecule has 0 aliphatic rings. The van der Waals surface area contributed by atoms with Gasteiger partial charge in [-0.05, 0) is 53.2 Å². The molecular weight excluding hydrogens is 364 g/mol. The van der Waals surface area contributed by atoms with Crippen molar-refractivity contribution in [3.63, 3.8) is 0 Å². The molecule has 0 heterocycles. The van der Waals surface area contributed by atoms with E-state index in [0.29, 0.717) is 33.7 Å². The highest BCUT2D eigenvalue weighted by Gasteiger charge is 2.17. The average molecular weight is 379 g/mol. The van der Waals surface area contributed by atoms with E-state index in [1.165, 1.54) is 25.3 Å². The van der Waals surface area contributed by atoms with Crippen LogP contribution in [-0.2, 0) is 4.74 Å². The fourth-order valence-corrected chi connectivity index (χ4v) is 2.36. The van der Waals surface area contributed by atoms with E-state index in [1.54, 1.807) is 24.3 Å². The highest BCUT2D eigenvalue weighted by molar-refractivity contribution is 9.10. The number of para-hydroxylation sites is 1. The van der Waals surface area contributed by atoms with Crippen LogP contribution in [0.25, 0.3) is 0 Å². The zero-order chi connectivity index (χ0) is 16.8. The molecule has 2 aromatic rings. The number of carbonyl (C=O) groups is 2. The van der Waals surface area contributed by atoms with E-state index in [9.17, 15) is 9.59 Å². The third-order valence-corrected chi connectivity index (χ3v) is 3.58. The molecule has 0 saturated heterocycles. The van der Waals surface area contributed by atoms with Crippen molar-refractivity contribution >= 4 is 27.9 Å². The summed E-state index contributed by atoms with van der Waals surface area (Å²) in [5, 5.41) is 0. The molecule has 0 N–H and O–H groups in total. The number of halogens is 1. The first-order valence-electron chi connectivity index (χ1n) is 6.88. The number of hydrogen-bond acceptors (Lipinski definition) is 5. The predicted molar refractivity (Wildman–Crippen MR) is 88.1 cm³/mol. The van der Waals surface area contributed by atoms with Crippen LogP contribution in [0.5, 0.6) is 11.5 Å². The summed E-state index contributed by atoms with van der Waals surface area (Å²) in [6.45, 7) is 2.28. The first-order chi connectivity index (χ1) is 11.1.